The molecule has 0 heterocycles. The third-order valence-corrected chi connectivity index (χ3v) is 3.17. The lowest BCUT2D eigenvalue weighted by molar-refractivity contribution is -0.133. The first-order chi connectivity index (χ1) is 10.1. The molecule has 0 bridgehead atoms. The van der Waals surface area contributed by atoms with Gasteiger partial charge < -0.3 is 22.1 Å². The summed E-state index contributed by atoms with van der Waals surface area (Å²) in [7, 11) is 0. The van der Waals surface area contributed by atoms with Gasteiger partial charge in [-0.2, -0.15) is 0 Å². The van der Waals surface area contributed by atoms with Gasteiger partial charge in [-0.1, -0.05) is 12.1 Å². The molecule has 0 spiro atoms. The smallest absolute Gasteiger partial charge is 0.243 e. The number of benzene rings is 1. The van der Waals surface area contributed by atoms with Crippen molar-refractivity contribution >= 4 is 23.4 Å². The van der Waals surface area contributed by atoms with E-state index in [9.17, 15) is 14.4 Å². The number of primary amides is 1. The molecule has 3 amide bonds. The molecule has 1 atom stereocenters. The van der Waals surface area contributed by atoms with Crippen molar-refractivity contribution in [1.82, 2.24) is 10.6 Å². The van der Waals surface area contributed by atoms with E-state index in [0.717, 1.165) is 5.56 Å². The molecule has 0 aliphatic carbocycles. The topological polar surface area (TPSA) is 127 Å². The zero-order valence-corrected chi connectivity index (χ0v) is 13.0. The normalized spacial score (nSPS) is 12.3. The number of amides is 3. The maximum absolute atomic E-state index is 12.3. The van der Waals surface area contributed by atoms with E-state index < -0.39 is 23.4 Å². The van der Waals surface area contributed by atoms with Crippen LogP contribution >= 0.6 is 0 Å². The number of carbonyl (C=O) groups excluding carboxylic acids is 3. The summed E-state index contributed by atoms with van der Waals surface area (Å²) in [5.41, 5.74) is 11.1. The Kier molecular flexibility index (Phi) is 5.50. The Bertz CT molecular complexity index is 567. The van der Waals surface area contributed by atoms with Crippen LogP contribution in [0.4, 0.5) is 5.69 Å². The number of hydrogen-bond donors (Lipinski definition) is 4. The highest BCUT2D eigenvalue weighted by molar-refractivity contribution is 5.93. The number of hydrogen-bond acceptors (Lipinski definition) is 4. The first-order valence-electron chi connectivity index (χ1n) is 6.85. The third-order valence-electron chi connectivity index (χ3n) is 3.17. The first kappa shape index (κ1) is 17.5. The van der Waals surface area contributed by atoms with Gasteiger partial charge in [-0.3, -0.25) is 14.4 Å². The van der Waals surface area contributed by atoms with Crippen LogP contribution in [-0.4, -0.2) is 29.3 Å². The third kappa shape index (κ3) is 5.08. The van der Waals surface area contributed by atoms with Crippen LogP contribution in [0.5, 0.6) is 0 Å². The molecule has 7 nitrogen and oxygen atoms in total. The summed E-state index contributed by atoms with van der Waals surface area (Å²) in [6.07, 6.45) is 0.278. The van der Waals surface area contributed by atoms with Crippen LogP contribution < -0.4 is 22.1 Å². The minimum atomic E-state index is -1.20. The van der Waals surface area contributed by atoms with Gasteiger partial charge in [0.05, 0.1) is 0 Å². The van der Waals surface area contributed by atoms with Gasteiger partial charge >= 0.3 is 0 Å². The number of carbonyl (C=O) groups is 3. The second-order valence-corrected chi connectivity index (χ2v) is 5.68. The largest absolute Gasteiger partial charge is 0.399 e. The quantitative estimate of drug-likeness (QED) is 0.538. The summed E-state index contributed by atoms with van der Waals surface area (Å²) in [5, 5.41) is 5.11. The van der Waals surface area contributed by atoms with Crippen molar-refractivity contribution in [3.63, 3.8) is 0 Å². The minimum absolute atomic E-state index is 0.278. The molecule has 0 saturated carbocycles. The van der Waals surface area contributed by atoms with E-state index in [1.165, 1.54) is 20.8 Å². The molecule has 6 N–H and O–H groups in total. The Hall–Kier alpha value is -2.57. The molecule has 0 radical (unpaired) electrons. The van der Waals surface area contributed by atoms with Crippen molar-refractivity contribution in [2.45, 2.75) is 38.8 Å². The Balaban J connectivity index is 2.88. The molecule has 0 fully saturated rings. The van der Waals surface area contributed by atoms with Crippen molar-refractivity contribution in [1.29, 1.82) is 0 Å². The highest BCUT2D eigenvalue weighted by atomic mass is 16.2. The van der Waals surface area contributed by atoms with E-state index in [2.05, 4.69) is 10.6 Å². The molecule has 0 unspecified atom stereocenters. The molecule has 120 valence electrons. The van der Waals surface area contributed by atoms with Crippen molar-refractivity contribution in [2.75, 3.05) is 5.73 Å². The summed E-state index contributed by atoms with van der Waals surface area (Å²) >= 11 is 0. The zero-order valence-electron chi connectivity index (χ0n) is 13.0. The van der Waals surface area contributed by atoms with Crippen LogP contribution in [0.25, 0.3) is 0 Å². The zero-order chi connectivity index (χ0) is 16.9. The molecule has 22 heavy (non-hydrogen) atoms. The molecule has 0 aromatic heterocycles. The first-order valence-corrected chi connectivity index (χ1v) is 6.85. The van der Waals surface area contributed by atoms with E-state index in [-0.39, 0.29) is 12.3 Å². The number of nitrogen functional groups attached to an aromatic ring is 1. The number of nitrogens with two attached hydrogens (primary N) is 2. The van der Waals surface area contributed by atoms with Gasteiger partial charge in [-0.25, -0.2) is 0 Å². The van der Waals surface area contributed by atoms with Crippen LogP contribution in [0.2, 0.25) is 0 Å². The summed E-state index contributed by atoms with van der Waals surface area (Å²) in [6, 6.07) is 6.17. The van der Waals surface area contributed by atoms with Gasteiger partial charge in [0.25, 0.3) is 0 Å². The summed E-state index contributed by atoms with van der Waals surface area (Å²) in [6.45, 7) is 4.32. The second kappa shape index (κ2) is 6.93. The lowest BCUT2D eigenvalue weighted by Gasteiger charge is -2.26. The van der Waals surface area contributed by atoms with Gasteiger partial charge in [0.2, 0.25) is 17.7 Å². The molecule has 1 aromatic rings. The lowest BCUT2D eigenvalue weighted by Crippen LogP contribution is -2.58. The summed E-state index contributed by atoms with van der Waals surface area (Å²) in [5.74, 6) is -1.47. The monoisotopic (exact) mass is 306 g/mol. The molecule has 0 aliphatic heterocycles. The fraction of sp³-hybridized carbons (Fsp3) is 0.400. The highest BCUT2D eigenvalue weighted by Gasteiger charge is 2.30. The average Bonchev–Trinajstić information content (AvgIpc) is 2.39. The molecular weight excluding hydrogens is 284 g/mol. The van der Waals surface area contributed by atoms with E-state index in [4.69, 9.17) is 11.5 Å². The van der Waals surface area contributed by atoms with E-state index in [1.807, 2.05) is 0 Å². The number of anilines is 1. The fourth-order valence-corrected chi connectivity index (χ4v) is 1.80. The molecule has 0 saturated heterocycles. The van der Waals surface area contributed by atoms with Crippen LogP contribution in [0.3, 0.4) is 0 Å². The van der Waals surface area contributed by atoms with Gasteiger partial charge in [0, 0.05) is 19.0 Å². The molecule has 7 heteroatoms. The van der Waals surface area contributed by atoms with E-state index in [1.54, 1.807) is 24.3 Å². The summed E-state index contributed by atoms with van der Waals surface area (Å²) < 4.78 is 0. The molecule has 1 rings (SSSR count). The van der Waals surface area contributed by atoms with Crippen LogP contribution in [-0.2, 0) is 20.8 Å². The van der Waals surface area contributed by atoms with Crippen LogP contribution in [0.15, 0.2) is 24.3 Å². The Labute approximate surface area is 129 Å². The van der Waals surface area contributed by atoms with Gasteiger partial charge in [0.1, 0.15) is 11.6 Å². The van der Waals surface area contributed by atoms with Crippen LogP contribution in [0.1, 0.15) is 26.3 Å². The average molecular weight is 306 g/mol. The Morgan fingerprint density at radius 3 is 2.18 bits per heavy atom. The van der Waals surface area contributed by atoms with E-state index in [0.29, 0.717) is 5.69 Å². The number of nitrogens with one attached hydrogen (secondary N) is 2. The second-order valence-electron chi connectivity index (χ2n) is 5.68. The maximum atomic E-state index is 12.3. The Morgan fingerprint density at radius 1 is 1.18 bits per heavy atom. The van der Waals surface area contributed by atoms with Gasteiger partial charge in [-0.05, 0) is 31.5 Å². The van der Waals surface area contributed by atoms with Gasteiger partial charge in [-0.15, -0.1) is 0 Å². The van der Waals surface area contributed by atoms with E-state index >= 15 is 0 Å². The number of rotatable bonds is 6. The minimum Gasteiger partial charge on any atom is -0.399 e. The maximum Gasteiger partial charge on any atom is 0.243 e. The SMILES string of the molecule is CC(=O)N[C@@H](Cc1ccc(N)cc1)C(=O)NC(C)(C)C(N)=O. The highest BCUT2D eigenvalue weighted by Crippen LogP contribution is 2.09. The predicted molar refractivity (Wildman–Crippen MR) is 83.6 cm³/mol. The fourth-order valence-electron chi connectivity index (χ4n) is 1.80. The molecular formula is C15H22N4O3. The van der Waals surface area contributed by atoms with Gasteiger partial charge in [0.15, 0.2) is 0 Å². The molecule has 0 aliphatic rings. The standard InChI is InChI=1S/C15H22N4O3/c1-9(20)18-12(8-10-4-6-11(16)7-5-10)13(21)19-15(2,3)14(17)22/h4-7,12H,8,16H2,1-3H3,(H2,17,22)(H,18,20)(H,19,21)/t12-/m0/s1. The van der Waals surface area contributed by atoms with Crippen molar-refractivity contribution in [2.24, 2.45) is 5.73 Å². The predicted octanol–water partition coefficient (Wildman–Crippen LogP) is -0.304. The van der Waals surface area contributed by atoms with Crippen molar-refractivity contribution in [3.05, 3.63) is 29.8 Å². The summed E-state index contributed by atoms with van der Waals surface area (Å²) in [4.78, 5) is 34.9. The lowest BCUT2D eigenvalue weighted by atomic mass is 10.0. The van der Waals surface area contributed by atoms with Crippen molar-refractivity contribution < 1.29 is 14.4 Å². The Morgan fingerprint density at radius 2 is 1.73 bits per heavy atom. The molecule has 1 aromatic carbocycles. The van der Waals surface area contributed by atoms with Crippen LogP contribution in [0, 0.1) is 0 Å². The van der Waals surface area contributed by atoms with Crippen molar-refractivity contribution in [3.8, 4) is 0 Å².